The molecule has 1 fully saturated rings. The molecule has 2 bridgehead atoms. The second-order valence-corrected chi connectivity index (χ2v) is 12.2. The first kappa shape index (κ1) is 25.6. The van der Waals surface area contributed by atoms with Gasteiger partial charge in [0.15, 0.2) is 17.6 Å². The highest BCUT2D eigenvalue weighted by Gasteiger charge is 2.70. The second-order valence-electron chi connectivity index (χ2n) is 12.2. The number of rotatable bonds is 9. The topological polar surface area (TPSA) is 94.5 Å². The van der Waals surface area contributed by atoms with Gasteiger partial charge in [0.2, 0.25) is 0 Å². The number of hydrogen-bond donors (Lipinski definition) is 2. The molecule has 1 spiro atoms. The van der Waals surface area contributed by atoms with Gasteiger partial charge >= 0.3 is 5.97 Å². The zero-order chi connectivity index (χ0) is 25.9. The average molecular weight is 501 g/mol. The fourth-order valence-electron chi connectivity index (χ4n) is 6.69. The summed E-state index contributed by atoms with van der Waals surface area (Å²) >= 11 is 0. The van der Waals surface area contributed by atoms with Gasteiger partial charge in [-0.15, -0.1) is 0 Å². The van der Waals surface area contributed by atoms with Crippen molar-refractivity contribution in [1.29, 1.82) is 0 Å². The lowest BCUT2D eigenvalue weighted by molar-refractivity contribution is -0.166. The molecule has 1 aromatic carbocycles. The van der Waals surface area contributed by atoms with Crippen LogP contribution in [0.25, 0.3) is 0 Å². The van der Waals surface area contributed by atoms with Crippen LogP contribution in [0.4, 0.5) is 0 Å². The fraction of sp³-hybridized carbons (Fsp3) is 0.690. The van der Waals surface area contributed by atoms with E-state index < -0.39 is 28.7 Å². The molecule has 1 aliphatic heterocycles. The number of esters is 1. The van der Waals surface area contributed by atoms with Crippen LogP contribution in [0.15, 0.2) is 24.0 Å². The van der Waals surface area contributed by atoms with Crippen molar-refractivity contribution in [1.82, 2.24) is 0 Å². The van der Waals surface area contributed by atoms with E-state index in [0.717, 1.165) is 43.2 Å². The molecule has 0 unspecified atom stereocenters. The summed E-state index contributed by atoms with van der Waals surface area (Å²) in [5.41, 5.74) is -0.419. The highest BCUT2D eigenvalue weighted by molar-refractivity contribution is 5.73. The second kappa shape index (κ2) is 8.74. The Balaban J connectivity index is 1.30. The molecule has 0 aromatic heterocycles. The van der Waals surface area contributed by atoms with Gasteiger partial charge in [0.1, 0.15) is 12.4 Å². The van der Waals surface area contributed by atoms with Crippen molar-refractivity contribution in [2.75, 3.05) is 13.2 Å². The zero-order valence-corrected chi connectivity index (χ0v) is 22.2. The maximum absolute atomic E-state index is 12.9. The zero-order valence-electron chi connectivity index (χ0n) is 22.2. The molecule has 7 nitrogen and oxygen atoms in total. The van der Waals surface area contributed by atoms with Crippen molar-refractivity contribution in [3.63, 3.8) is 0 Å². The number of carbonyl (C=O) groups is 1. The molecule has 4 aliphatic rings. The number of phenolic OH excluding ortho intramolecular Hbond substituents is 1. The first-order valence-corrected chi connectivity index (χ1v) is 13.4. The standard InChI is InChI=1S/C29H40O7/c1-6-26(2,3)33-15-14-27(4,5)34-17-22(31)35-21-11-13-29(32)19-8-7-12-28(29)23-18(16-19)9-10-20(30)24(23)36-25(21)28/h9-11,19,25,30,32H,6-8,12-17H2,1-5H3/t19-,25+,28+,29-/m1/s1. The van der Waals surface area contributed by atoms with Crippen LogP contribution in [0.5, 0.6) is 11.5 Å². The molecule has 5 rings (SSSR count). The summed E-state index contributed by atoms with van der Waals surface area (Å²) in [5.74, 6) is 0.500. The molecular weight excluding hydrogens is 460 g/mol. The molecule has 198 valence electrons. The van der Waals surface area contributed by atoms with E-state index in [4.69, 9.17) is 18.9 Å². The van der Waals surface area contributed by atoms with Crippen LogP contribution < -0.4 is 4.74 Å². The number of aliphatic hydroxyl groups is 1. The van der Waals surface area contributed by atoms with Crippen molar-refractivity contribution >= 4 is 5.97 Å². The van der Waals surface area contributed by atoms with Crippen molar-refractivity contribution in [2.24, 2.45) is 5.92 Å². The Labute approximate surface area is 213 Å². The minimum Gasteiger partial charge on any atom is -0.504 e. The van der Waals surface area contributed by atoms with E-state index in [2.05, 4.69) is 20.8 Å². The molecule has 4 atom stereocenters. The van der Waals surface area contributed by atoms with Gasteiger partial charge in [0.25, 0.3) is 0 Å². The lowest BCUT2D eigenvalue weighted by atomic mass is 9.47. The minimum absolute atomic E-state index is 0.0631. The summed E-state index contributed by atoms with van der Waals surface area (Å²) in [6.45, 7) is 10.4. The number of aromatic hydroxyl groups is 1. The number of ether oxygens (including phenoxy) is 4. The van der Waals surface area contributed by atoms with Crippen LogP contribution in [0.3, 0.4) is 0 Å². The minimum atomic E-state index is -0.984. The van der Waals surface area contributed by atoms with Gasteiger partial charge in [-0.25, -0.2) is 4.79 Å². The van der Waals surface area contributed by atoms with Crippen LogP contribution in [-0.4, -0.2) is 52.3 Å². The van der Waals surface area contributed by atoms with E-state index >= 15 is 0 Å². The van der Waals surface area contributed by atoms with Crippen molar-refractivity contribution in [2.45, 2.75) is 108 Å². The normalized spacial score (nSPS) is 30.3. The van der Waals surface area contributed by atoms with Crippen LogP contribution in [0.1, 0.15) is 84.3 Å². The highest BCUT2D eigenvalue weighted by Crippen LogP contribution is 2.67. The summed E-state index contributed by atoms with van der Waals surface area (Å²) in [6.07, 6.45) is 6.50. The molecule has 0 radical (unpaired) electrons. The highest BCUT2D eigenvalue weighted by atomic mass is 16.6. The summed E-state index contributed by atoms with van der Waals surface area (Å²) in [4.78, 5) is 12.9. The van der Waals surface area contributed by atoms with E-state index in [9.17, 15) is 15.0 Å². The lowest BCUT2D eigenvalue weighted by Gasteiger charge is -2.59. The summed E-state index contributed by atoms with van der Waals surface area (Å²) in [5, 5.41) is 22.6. The third kappa shape index (κ3) is 3.95. The number of phenols is 1. The van der Waals surface area contributed by atoms with E-state index in [1.807, 2.05) is 19.9 Å². The predicted molar refractivity (Wildman–Crippen MR) is 134 cm³/mol. The molecule has 0 saturated heterocycles. The van der Waals surface area contributed by atoms with Crippen LogP contribution in [0.2, 0.25) is 0 Å². The number of carbonyl (C=O) groups excluding carboxylic acids is 1. The Kier molecular flexibility index (Phi) is 6.21. The first-order chi connectivity index (χ1) is 16.9. The van der Waals surface area contributed by atoms with Crippen LogP contribution >= 0.6 is 0 Å². The van der Waals surface area contributed by atoms with Crippen molar-refractivity contribution in [3.05, 3.63) is 35.1 Å². The van der Waals surface area contributed by atoms with Crippen LogP contribution in [-0.2, 0) is 30.8 Å². The van der Waals surface area contributed by atoms with E-state index in [1.165, 1.54) is 0 Å². The predicted octanol–water partition coefficient (Wildman–Crippen LogP) is 4.70. The molecule has 3 aliphatic carbocycles. The van der Waals surface area contributed by atoms with Gasteiger partial charge < -0.3 is 29.2 Å². The van der Waals surface area contributed by atoms with Gasteiger partial charge in [-0.3, -0.25) is 0 Å². The average Bonchev–Trinajstić information content (AvgIpc) is 3.16. The molecular formula is C29H40O7. The summed E-state index contributed by atoms with van der Waals surface area (Å²) in [6, 6.07) is 3.61. The number of benzene rings is 1. The summed E-state index contributed by atoms with van der Waals surface area (Å²) < 4.78 is 24.0. The van der Waals surface area contributed by atoms with Gasteiger partial charge in [-0.05, 0) is 89.8 Å². The van der Waals surface area contributed by atoms with Gasteiger partial charge in [0.05, 0.1) is 28.8 Å². The summed E-state index contributed by atoms with van der Waals surface area (Å²) in [7, 11) is 0. The maximum Gasteiger partial charge on any atom is 0.337 e. The molecule has 1 aromatic rings. The Morgan fingerprint density at radius 3 is 2.72 bits per heavy atom. The van der Waals surface area contributed by atoms with E-state index in [-0.39, 0.29) is 23.9 Å². The first-order valence-electron chi connectivity index (χ1n) is 13.4. The Bertz CT molecular complexity index is 1070. The van der Waals surface area contributed by atoms with Gasteiger partial charge in [-0.2, -0.15) is 0 Å². The Hall–Kier alpha value is -2.09. The van der Waals surface area contributed by atoms with Gasteiger partial charge in [0, 0.05) is 5.56 Å². The Morgan fingerprint density at radius 2 is 1.97 bits per heavy atom. The third-order valence-corrected chi connectivity index (χ3v) is 9.12. The van der Waals surface area contributed by atoms with Gasteiger partial charge in [-0.1, -0.05) is 19.4 Å². The molecule has 2 N–H and O–H groups in total. The molecule has 7 heteroatoms. The number of hydrogen-bond acceptors (Lipinski definition) is 7. The van der Waals surface area contributed by atoms with E-state index in [0.29, 0.717) is 31.0 Å². The monoisotopic (exact) mass is 500 g/mol. The molecule has 1 heterocycles. The SMILES string of the molecule is CCC(C)(C)OCCC(C)(C)OCC(=O)OC1=CC[C@@]2(O)[C@@H]3CCC[C@@]24c2c(ccc(O)c2O[C@@H]14)C3. The Morgan fingerprint density at radius 1 is 1.19 bits per heavy atom. The van der Waals surface area contributed by atoms with Crippen LogP contribution in [0, 0.1) is 5.92 Å². The largest absolute Gasteiger partial charge is 0.504 e. The quantitative estimate of drug-likeness (QED) is 0.475. The molecule has 0 amide bonds. The third-order valence-electron chi connectivity index (χ3n) is 9.12. The fourth-order valence-corrected chi connectivity index (χ4v) is 6.69. The van der Waals surface area contributed by atoms with Crippen molar-refractivity contribution in [3.8, 4) is 11.5 Å². The van der Waals surface area contributed by atoms with Crippen molar-refractivity contribution < 1.29 is 34.0 Å². The molecule has 36 heavy (non-hydrogen) atoms. The lowest BCUT2D eigenvalue weighted by Crippen LogP contribution is -2.67. The molecule has 1 saturated carbocycles. The van der Waals surface area contributed by atoms with E-state index in [1.54, 1.807) is 12.1 Å². The maximum atomic E-state index is 12.9. The smallest absolute Gasteiger partial charge is 0.337 e.